The van der Waals surface area contributed by atoms with Gasteiger partial charge in [-0.2, -0.15) is 0 Å². The maximum absolute atomic E-state index is 3.47. The van der Waals surface area contributed by atoms with Gasteiger partial charge in [0.05, 0.1) is 0 Å². The molecule has 0 spiro atoms. The summed E-state index contributed by atoms with van der Waals surface area (Å²) in [5, 5.41) is 0. The van der Waals surface area contributed by atoms with Crippen LogP contribution in [0.25, 0.3) is 6.08 Å². The van der Waals surface area contributed by atoms with Gasteiger partial charge in [0.1, 0.15) is 0 Å². The Morgan fingerprint density at radius 2 is 1.94 bits per heavy atom. The molecule has 1 heterocycles. The van der Waals surface area contributed by atoms with Crippen molar-refractivity contribution < 1.29 is 0 Å². The normalized spacial score (nSPS) is 20.5. The van der Waals surface area contributed by atoms with Crippen LogP contribution in [0.2, 0.25) is 0 Å². The quantitative estimate of drug-likeness (QED) is 0.784. The van der Waals surface area contributed by atoms with E-state index in [4.69, 9.17) is 0 Å². The lowest BCUT2D eigenvalue weighted by atomic mass is 10.0. The van der Waals surface area contributed by atoms with Crippen molar-refractivity contribution in [2.75, 3.05) is 19.6 Å². The highest BCUT2D eigenvalue weighted by Crippen LogP contribution is 2.20. The van der Waals surface area contributed by atoms with Crippen LogP contribution in [-0.4, -0.2) is 24.5 Å². The smallest absolute Gasteiger partial charge is 0.0175 e. The highest BCUT2D eigenvalue weighted by molar-refractivity contribution is 9.10. The average Bonchev–Trinajstić information content (AvgIpc) is 2.57. The summed E-state index contributed by atoms with van der Waals surface area (Å²) >= 11 is 3.47. The third kappa shape index (κ3) is 3.97. The van der Waals surface area contributed by atoms with Crippen molar-refractivity contribution in [1.82, 2.24) is 4.90 Å². The lowest BCUT2D eigenvalue weighted by Crippen LogP contribution is -2.23. The molecule has 0 saturated carbocycles. The van der Waals surface area contributed by atoms with Crippen molar-refractivity contribution in [3.05, 3.63) is 39.9 Å². The van der Waals surface area contributed by atoms with Crippen molar-refractivity contribution >= 4 is 22.0 Å². The predicted molar refractivity (Wildman–Crippen MR) is 78.1 cm³/mol. The SMILES string of the molecule is CCN1CCCC(=Cc2ccc(Br)cc2)CC1. The maximum atomic E-state index is 3.47. The number of rotatable bonds is 2. The molecule has 1 aliphatic rings. The Hall–Kier alpha value is -0.600. The average molecular weight is 294 g/mol. The molecule has 1 saturated heterocycles. The second-order valence-corrected chi connectivity index (χ2v) is 5.56. The van der Waals surface area contributed by atoms with Crippen molar-refractivity contribution in [2.24, 2.45) is 0 Å². The molecule has 2 heteroatoms. The first-order chi connectivity index (χ1) is 8.28. The predicted octanol–water partition coefficient (Wildman–Crippen LogP) is 4.34. The zero-order valence-corrected chi connectivity index (χ0v) is 12.0. The summed E-state index contributed by atoms with van der Waals surface area (Å²) in [6, 6.07) is 8.59. The van der Waals surface area contributed by atoms with E-state index in [9.17, 15) is 0 Å². The first-order valence-electron chi connectivity index (χ1n) is 6.45. The van der Waals surface area contributed by atoms with Gasteiger partial charge in [0, 0.05) is 11.0 Å². The fourth-order valence-electron chi connectivity index (χ4n) is 2.32. The molecule has 0 amide bonds. The minimum Gasteiger partial charge on any atom is -0.303 e. The highest BCUT2D eigenvalue weighted by atomic mass is 79.9. The van der Waals surface area contributed by atoms with Crippen LogP contribution >= 0.6 is 15.9 Å². The Balaban J connectivity index is 2.04. The van der Waals surface area contributed by atoms with Gasteiger partial charge in [-0.3, -0.25) is 0 Å². The number of hydrogen-bond acceptors (Lipinski definition) is 1. The van der Waals surface area contributed by atoms with E-state index in [0.29, 0.717) is 0 Å². The summed E-state index contributed by atoms with van der Waals surface area (Å²) in [6.45, 7) is 5.92. The zero-order valence-electron chi connectivity index (χ0n) is 10.5. The van der Waals surface area contributed by atoms with Crippen LogP contribution < -0.4 is 0 Å². The van der Waals surface area contributed by atoms with Gasteiger partial charge >= 0.3 is 0 Å². The minimum absolute atomic E-state index is 1.15. The fourth-order valence-corrected chi connectivity index (χ4v) is 2.59. The summed E-state index contributed by atoms with van der Waals surface area (Å²) in [6.07, 6.45) is 6.15. The Morgan fingerprint density at radius 3 is 2.65 bits per heavy atom. The highest BCUT2D eigenvalue weighted by Gasteiger charge is 2.09. The van der Waals surface area contributed by atoms with Crippen LogP contribution in [0, 0.1) is 0 Å². The van der Waals surface area contributed by atoms with Crippen LogP contribution in [0.3, 0.4) is 0 Å². The van der Waals surface area contributed by atoms with E-state index in [1.807, 2.05) is 0 Å². The van der Waals surface area contributed by atoms with Gasteiger partial charge in [0.2, 0.25) is 0 Å². The van der Waals surface area contributed by atoms with Gasteiger partial charge in [0.25, 0.3) is 0 Å². The Labute approximate surface area is 113 Å². The Kier molecular flexibility index (Phi) is 4.81. The molecule has 0 atom stereocenters. The van der Waals surface area contributed by atoms with Crippen molar-refractivity contribution in [3.8, 4) is 0 Å². The molecule has 1 fully saturated rings. The van der Waals surface area contributed by atoms with Gasteiger partial charge in [-0.05, 0) is 50.0 Å². The molecule has 0 aromatic heterocycles. The van der Waals surface area contributed by atoms with Crippen LogP contribution in [0.1, 0.15) is 31.7 Å². The van der Waals surface area contributed by atoms with E-state index in [0.717, 1.165) is 4.47 Å². The monoisotopic (exact) mass is 293 g/mol. The van der Waals surface area contributed by atoms with Crippen LogP contribution in [0.4, 0.5) is 0 Å². The van der Waals surface area contributed by atoms with Gasteiger partial charge in [-0.25, -0.2) is 0 Å². The third-order valence-corrected chi connectivity index (χ3v) is 3.94. The molecule has 0 aliphatic carbocycles. The number of halogens is 1. The van der Waals surface area contributed by atoms with Crippen molar-refractivity contribution in [1.29, 1.82) is 0 Å². The molecule has 0 radical (unpaired) electrons. The molecule has 1 aromatic rings. The van der Waals surface area contributed by atoms with Crippen LogP contribution in [0.15, 0.2) is 34.3 Å². The molecular formula is C15H20BrN. The lowest BCUT2D eigenvalue weighted by molar-refractivity contribution is 0.302. The second kappa shape index (κ2) is 6.36. The topological polar surface area (TPSA) is 3.24 Å². The molecule has 1 aromatic carbocycles. The van der Waals surface area contributed by atoms with Crippen molar-refractivity contribution in [3.63, 3.8) is 0 Å². The fraction of sp³-hybridized carbons (Fsp3) is 0.467. The third-order valence-electron chi connectivity index (χ3n) is 3.41. The van der Waals surface area contributed by atoms with E-state index in [1.54, 1.807) is 5.57 Å². The molecule has 17 heavy (non-hydrogen) atoms. The van der Waals surface area contributed by atoms with E-state index >= 15 is 0 Å². The molecule has 1 nitrogen and oxygen atoms in total. The van der Waals surface area contributed by atoms with Gasteiger partial charge in [-0.15, -0.1) is 0 Å². The maximum Gasteiger partial charge on any atom is 0.0175 e. The first-order valence-corrected chi connectivity index (χ1v) is 7.24. The van der Waals surface area contributed by atoms with E-state index in [1.165, 1.54) is 44.5 Å². The van der Waals surface area contributed by atoms with Gasteiger partial charge in [-0.1, -0.05) is 46.6 Å². The van der Waals surface area contributed by atoms with Gasteiger partial charge < -0.3 is 4.90 Å². The molecule has 92 valence electrons. The molecule has 2 rings (SSSR count). The summed E-state index contributed by atoms with van der Waals surface area (Å²) in [4.78, 5) is 2.54. The molecule has 0 N–H and O–H groups in total. The summed E-state index contributed by atoms with van der Waals surface area (Å²) in [5.41, 5.74) is 2.93. The standard InChI is InChI=1S/C15H20BrN/c1-2-17-10-3-4-13(9-11-17)12-14-5-7-15(16)8-6-14/h5-8,12H,2-4,9-11H2,1H3. The van der Waals surface area contributed by atoms with E-state index < -0.39 is 0 Å². The lowest BCUT2D eigenvalue weighted by Gasteiger charge is -2.16. The second-order valence-electron chi connectivity index (χ2n) is 4.64. The van der Waals surface area contributed by atoms with E-state index in [2.05, 4.69) is 58.1 Å². The zero-order chi connectivity index (χ0) is 12.1. The van der Waals surface area contributed by atoms with Crippen LogP contribution in [-0.2, 0) is 0 Å². The molecule has 1 aliphatic heterocycles. The molecule has 0 bridgehead atoms. The largest absolute Gasteiger partial charge is 0.303 e. The number of nitrogens with zero attached hydrogens (tertiary/aromatic N) is 1. The summed E-state index contributed by atoms with van der Waals surface area (Å²) < 4.78 is 1.15. The van der Waals surface area contributed by atoms with Crippen molar-refractivity contribution in [2.45, 2.75) is 26.2 Å². The molecule has 0 unspecified atom stereocenters. The van der Waals surface area contributed by atoms with Gasteiger partial charge in [0.15, 0.2) is 0 Å². The Bertz CT molecular complexity index is 380. The van der Waals surface area contributed by atoms with E-state index in [-0.39, 0.29) is 0 Å². The minimum atomic E-state index is 1.15. The summed E-state index contributed by atoms with van der Waals surface area (Å²) in [5.74, 6) is 0. The Morgan fingerprint density at radius 1 is 1.18 bits per heavy atom. The molecular weight excluding hydrogens is 274 g/mol. The number of likely N-dealkylation sites (tertiary alicyclic amines) is 1. The first kappa shape index (κ1) is 12.8. The van der Waals surface area contributed by atoms with Crippen LogP contribution in [0.5, 0.6) is 0 Å². The number of benzene rings is 1. The summed E-state index contributed by atoms with van der Waals surface area (Å²) in [7, 11) is 0. The number of hydrogen-bond donors (Lipinski definition) is 0.